The lowest BCUT2D eigenvalue weighted by atomic mass is 10.2. The molecule has 2 aromatic carbocycles. The van der Waals surface area contributed by atoms with Crippen molar-refractivity contribution in [3.63, 3.8) is 0 Å². The highest BCUT2D eigenvalue weighted by Gasteiger charge is 2.29. The van der Waals surface area contributed by atoms with Crippen LogP contribution in [0.1, 0.15) is 18.3 Å². The maximum Gasteiger partial charge on any atom is 0.416 e. The molecule has 0 aliphatic rings. The van der Waals surface area contributed by atoms with E-state index in [-0.39, 0.29) is 12.1 Å². The van der Waals surface area contributed by atoms with Crippen molar-refractivity contribution >= 4 is 22.4 Å². The number of hydrogen-bond donors (Lipinski definition) is 1. The Morgan fingerprint density at radius 3 is 2.43 bits per heavy atom. The predicted molar refractivity (Wildman–Crippen MR) is 99.2 cm³/mol. The lowest BCUT2D eigenvalue weighted by Gasteiger charge is -2.11. The Morgan fingerprint density at radius 2 is 1.75 bits per heavy atom. The van der Waals surface area contributed by atoms with Crippen molar-refractivity contribution in [3.05, 3.63) is 70.3 Å². The van der Waals surface area contributed by atoms with E-state index < -0.39 is 11.7 Å². The van der Waals surface area contributed by atoms with E-state index in [4.69, 9.17) is 0 Å². The molecule has 9 heteroatoms. The molecule has 0 aliphatic carbocycles. The Labute approximate surface area is 157 Å². The van der Waals surface area contributed by atoms with Gasteiger partial charge in [0, 0.05) is 12.2 Å². The summed E-state index contributed by atoms with van der Waals surface area (Å²) in [5.74, 6) is 0.976. The number of hydrogen-bond acceptors (Lipinski definition) is 4. The number of anilines is 1. The number of aryl methyl sites for hydroxylation is 1. The molecule has 0 atom stereocenters. The van der Waals surface area contributed by atoms with E-state index >= 15 is 0 Å². The average Bonchev–Trinajstić information content (AvgIpc) is 3.10. The Morgan fingerprint density at radius 1 is 1.04 bits per heavy atom. The van der Waals surface area contributed by atoms with Crippen LogP contribution in [0.2, 0.25) is 0 Å². The van der Waals surface area contributed by atoms with Crippen molar-refractivity contribution in [1.82, 2.24) is 19.2 Å². The molecule has 4 rings (SSSR count). The van der Waals surface area contributed by atoms with Crippen LogP contribution in [0.15, 0.2) is 53.3 Å². The first-order valence-electron chi connectivity index (χ1n) is 8.67. The zero-order valence-electron chi connectivity index (χ0n) is 14.9. The molecule has 0 bridgehead atoms. The van der Waals surface area contributed by atoms with Gasteiger partial charge in [0.1, 0.15) is 0 Å². The molecule has 2 heterocycles. The van der Waals surface area contributed by atoms with Gasteiger partial charge in [0.05, 0.1) is 23.0 Å². The van der Waals surface area contributed by atoms with Gasteiger partial charge in [-0.1, -0.05) is 12.1 Å². The summed E-state index contributed by atoms with van der Waals surface area (Å²) in [5, 5.41) is 11.9. The quantitative estimate of drug-likeness (QED) is 0.580. The fraction of sp³-hybridized carbons (Fsp3) is 0.211. The SMILES string of the molecule is CCn1c(=O)c2ccccc2n2c(CNc3ccc(C(F)(F)F)cc3)nnc12. The minimum absolute atomic E-state index is 0.139. The van der Waals surface area contributed by atoms with Crippen molar-refractivity contribution in [1.29, 1.82) is 0 Å². The van der Waals surface area contributed by atoms with Gasteiger partial charge in [-0.2, -0.15) is 13.2 Å². The maximum atomic E-state index is 12.7. The first-order chi connectivity index (χ1) is 13.4. The summed E-state index contributed by atoms with van der Waals surface area (Å²) in [5.41, 5.74) is 0.364. The molecule has 0 aliphatic heterocycles. The number of nitrogens with one attached hydrogen (secondary N) is 1. The number of benzene rings is 2. The molecule has 1 N–H and O–H groups in total. The molecule has 4 aromatic rings. The van der Waals surface area contributed by atoms with Crippen LogP contribution in [0, 0.1) is 0 Å². The van der Waals surface area contributed by atoms with Gasteiger partial charge in [-0.15, -0.1) is 10.2 Å². The van der Waals surface area contributed by atoms with Crippen molar-refractivity contribution in [2.75, 3.05) is 5.32 Å². The highest BCUT2D eigenvalue weighted by atomic mass is 19.4. The molecule has 0 spiro atoms. The molecular formula is C19H16F3N5O. The first kappa shape index (κ1) is 18.0. The lowest BCUT2D eigenvalue weighted by Crippen LogP contribution is -2.22. The van der Waals surface area contributed by atoms with Gasteiger partial charge in [0.25, 0.3) is 5.56 Å². The third kappa shape index (κ3) is 2.98. The average molecular weight is 387 g/mol. The molecule has 2 aromatic heterocycles. The summed E-state index contributed by atoms with van der Waals surface area (Å²) in [6, 6.07) is 12.0. The monoisotopic (exact) mass is 387 g/mol. The Kier molecular flexibility index (Phi) is 4.29. The fourth-order valence-electron chi connectivity index (χ4n) is 3.17. The zero-order chi connectivity index (χ0) is 19.9. The Hall–Kier alpha value is -3.36. The highest BCUT2D eigenvalue weighted by Crippen LogP contribution is 2.29. The van der Waals surface area contributed by atoms with E-state index in [1.807, 2.05) is 19.1 Å². The molecule has 0 fully saturated rings. The van der Waals surface area contributed by atoms with Gasteiger partial charge in [-0.25, -0.2) is 0 Å². The van der Waals surface area contributed by atoms with Gasteiger partial charge < -0.3 is 5.32 Å². The van der Waals surface area contributed by atoms with Gasteiger partial charge >= 0.3 is 6.18 Å². The van der Waals surface area contributed by atoms with Crippen LogP contribution in [0.4, 0.5) is 18.9 Å². The number of alkyl halides is 3. The minimum atomic E-state index is -4.37. The second-order valence-corrected chi connectivity index (χ2v) is 6.25. The van der Waals surface area contributed by atoms with Crippen LogP contribution in [0.5, 0.6) is 0 Å². The van der Waals surface area contributed by atoms with E-state index in [0.29, 0.717) is 34.7 Å². The van der Waals surface area contributed by atoms with Crippen LogP contribution < -0.4 is 10.9 Å². The van der Waals surface area contributed by atoms with E-state index in [9.17, 15) is 18.0 Å². The van der Waals surface area contributed by atoms with Crippen LogP contribution in [0.25, 0.3) is 16.7 Å². The Balaban J connectivity index is 1.72. The Bertz CT molecular complexity index is 1210. The lowest BCUT2D eigenvalue weighted by molar-refractivity contribution is -0.137. The van der Waals surface area contributed by atoms with Crippen molar-refractivity contribution in [3.8, 4) is 0 Å². The molecule has 6 nitrogen and oxygen atoms in total. The largest absolute Gasteiger partial charge is 0.416 e. The van der Waals surface area contributed by atoms with E-state index in [1.165, 1.54) is 16.7 Å². The summed E-state index contributed by atoms with van der Waals surface area (Å²) in [6.45, 7) is 2.53. The second kappa shape index (κ2) is 6.66. The molecule has 0 saturated heterocycles. The summed E-state index contributed by atoms with van der Waals surface area (Å²) in [4.78, 5) is 12.6. The zero-order valence-corrected chi connectivity index (χ0v) is 14.9. The van der Waals surface area contributed by atoms with Crippen LogP contribution in [0.3, 0.4) is 0 Å². The predicted octanol–water partition coefficient (Wildman–Crippen LogP) is 3.70. The molecule has 0 unspecified atom stereocenters. The van der Waals surface area contributed by atoms with E-state index in [2.05, 4.69) is 15.5 Å². The van der Waals surface area contributed by atoms with Gasteiger partial charge in [-0.05, 0) is 43.3 Å². The van der Waals surface area contributed by atoms with Crippen molar-refractivity contribution in [2.45, 2.75) is 26.2 Å². The number of halogens is 3. The summed E-state index contributed by atoms with van der Waals surface area (Å²) < 4.78 is 41.4. The fourth-order valence-corrected chi connectivity index (χ4v) is 3.17. The number of fused-ring (bicyclic) bond motifs is 3. The number of rotatable bonds is 4. The van der Waals surface area contributed by atoms with Crippen LogP contribution in [-0.2, 0) is 19.3 Å². The standard InChI is InChI=1S/C19H16F3N5O/c1-2-26-17(28)14-5-3-4-6-15(14)27-16(24-25-18(26)27)11-23-13-9-7-12(8-10-13)19(20,21)22/h3-10,23H,2,11H2,1H3. The third-order valence-electron chi connectivity index (χ3n) is 4.55. The number of nitrogens with zero attached hydrogens (tertiary/aromatic N) is 4. The highest BCUT2D eigenvalue weighted by molar-refractivity contribution is 5.80. The van der Waals surface area contributed by atoms with Gasteiger partial charge in [0.15, 0.2) is 5.82 Å². The molecule has 28 heavy (non-hydrogen) atoms. The molecular weight excluding hydrogens is 371 g/mol. The van der Waals surface area contributed by atoms with Crippen LogP contribution in [-0.4, -0.2) is 19.2 Å². The number of para-hydroxylation sites is 1. The second-order valence-electron chi connectivity index (χ2n) is 6.25. The van der Waals surface area contributed by atoms with Crippen molar-refractivity contribution < 1.29 is 13.2 Å². The summed E-state index contributed by atoms with van der Waals surface area (Å²) >= 11 is 0. The smallest absolute Gasteiger partial charge is 0.378 e. The van der Waals surface area contributed by atoms with Gasteiger partial charge in [0.2, 0.25) is 5.78 Å². The van der Waals surface area contributed by atoms with E-state index in [0.717, 1.165) is 12.1 Å². The molecule has 144 valence electrons. The maximum absolute atomic E-state index is 12.7. The van der Waals surface area contributed by atoms with E-state index in [1.54, 1.807) is 16.5 Å². The first-order valence-corrected chi connectivity index (χ1v) is 8.67. The minimum Gasteiger partial charge on any atom is -0.378 e. The molecule has 0 amide bonds. The third-order valence-corrected chi connectivity index (χ3v) is 4.55. The summed E-state index contributed by atoms with van der Waals surface area (Å²) in [6.07, 6.45) is -4.37. The van der Waals surface area contributed by atoms with Gasteiger partial charge in [-0.3, -0.25) is 13.8 Å². The van der Waals surface area contributed by atoms with Crippen LogP contribution >= 0.6 is 0 Å². The topological polar surface area (TPSA) is 64.2 Å². The normalized spacial score (nSPS) is 12.0. The van der Waals surface area contributed by atoms with Crippen molar-refractivity contribution in [2.24, 2.45) is 0 Å². The molecule has 0 saturated carbocycles. The molecule has 0 radical (unpaired) electrons. The number of aromatic nitrogens is 4. The summed E-state index contributed by atoms with van der Waals surface area (Å²) in [7, 11) is 0.